The molecule has 2 fully saturated rings. The van der Waals surface area contributed by atoms with E-state index in [9.17, 15) is 0 Å². The van der Waals surface area contributed by atoms with Gasteiger partial charge in [-0.2, -0.15) is 0 Å². The molecule has 0 aromatic heterocycles. The van der Waals surface area contributed by atoms with Crippen LogP contribution in [0.15, 0.2) is 0 Å². The average molecular weight is 232 g/mol. The Morgan fingerprint density at radius 3 is 1.50 bits per heavy atom. The van der Waals surface area contributed by atoms with Crippen molar-refractivity contribution in [2.45, 2.75) is 75.8 Å². The van der Waals surface area contributed by atoms with Gasteiger partial charge in [-0.25, -0.2) is 0 Å². The molecule has 2 rings (SSSR count). The van der Waals surface area contributed by atoms with Gasteiger partial charge in [0.25, 0.3) is 0 Å². The van der Waals surface area contributed by atoms with Gasteiger partial charge >= 0.3 is 0 Å². The lowest BCUT2D eigenvalue weighted by Gasteiger charge is -2.25. The van der Waals surface area contributed by atoms with Crippen LogP contribution in [0.25, 0.3) is 0 Å². The molecule has 16 heavy (non-hydrogen) atoms. The summed E-state index contributed by atoms with van der Waals surface area (Å²) >= 11 is 0. The van der Waals surface area contributed by atoms with Crippen LogP contribution >= 0.6 is 0 Å². The first-order valence-electron chi connectivity index (χ1n) is 6.30. The summed E-state index contributed by atoms with van der Waals surface area (Å²) in [6.45, 7) is 0. The number of hydrogen-bond donors (Lipinski definition) is 4. The van der Waals surface area contributed by atoms with Gasteiger partial charge in [0.1, 0.15) is 0 Å². The van der Waals surface area contributed by atoms with Crippen LogP contribution < -0.4 is 0 Å². The quantitative estimate of drug-likeness (QED) is 0.468. The highest BCUT2D eigenvalue weighted by Gasteiger charge is 2.24. The highest BCUT2D eigenvalue weighted by Crippen LogP contribution is 2.24. The molecule has 2 atom stereocenters. The van der Waals surface area contributed by atoms with E-state index in [1.165, 1.54) is 0 Å². The first kappa shape index (κ1) is 13.9. The van der Waals surface area contributed by atoms with Crippen LogP contribution in [0, 0.1) is 0 Å². The normalized spacial score (nSPS) is 33.8. The first-order valence-corrected chi connectivity index (χ1v) is 6.30. The topological polar surface area (TPSA) is 80.9 Å². The molecule has 0 heterocycles. The largest absolute Gasteiger partial charge is 0.393 e. The SMILES string of the molecule is OC1(O)CCCCC1.OC1CCCC(O)C1. The third kappa shape index (κ3) is 5.80. The molecular formula is C12H24O4. The van der Waals surface area contributed by atoms with E-state index < -0.39 is 5.79 Å². The molecule has 0 radical (unpaired) electrons. The second kappa shape index (κ2) is 6.55. The molecule has 4 nitrogen and oxygen atoms in total. The van der Waals surface area contributed by atoms with Gasteiger partial charge in [0.2, 0.25) is 0 Å². The van der Waals surface area contributed by atoms with E-state index in [-0.39, 0.29) is 12.2 Å². The summed E-state index contributed by atoms with van der Waals surface area (Å²) in [6.07, 6.45) is 7.04. The van der Waals surface area contributed by atoms with Crippen molar-refractivity contribution in [2.24, 2.45) is 0 Å². The van der Waals surface area contributed by atoms with Crippen LogP contribution in [0.1, 0.15) is 57.8 Å². The predicted octanol–water partition coefficient (Wildman–Crippen LogP) is 0.914. The maximum Gasteiger partial charge on any atom is 0.162 e. The van der Waals surface area contributed by atoms with Gasteiger partial charge in [0.05, 0.1) is 12.2 Å². The zero-order valence-corrected chi connectivity index (χ0v) is 9.81. The molecule has 0 aromatic rings. The van der Waals surface area contributed by atoms with Crippen LogP contribution in [0.4, 0.5) is 0 Å². The molecule has 0 amide bonds. The number of aliphatic hydroxyl groups excluding tert-OH is 2. The molecule has 2 aliphatic carbocycles. The number of aliphatic hydroxyl groups is 4. The van der Waals surface area contributed by atoms with Crippen LogP contribution in [0.5, 0.6) is 0 Å². The summed E-state index contributed by atoms with van der Waals surface area (Å²) in [6, 6.07) is 0. The van der Waals surface area contributed by atoms with Crippen molar-refractivity contribution in [2.75, 3.05) is 0 Å². The second-order valence-corrected chi connectivity index (χ2v) is 5.02. The third-order valence-electron chi connectivity index (χ3n) is 3.27. The van der Waals surface area contributed by atoms with Crippen LogP contribution in [-0.2, 0) is 0 Å². The van der Waals surface area contributed by atoms with Gasteiger partial charge in [-0.1, -0.05) is 6.42 Å². The van der Waals surface area contributed by atoms with Crippen molar-refractivity contribution in [3.8, 4) is 0 Å². The minimum atomic E-state index is -1.32. The van der Waals surface area contributed by atoms with E-state index in [0.717, 1.165) is 38.5 Å². The van der Waals surface area contributed by atoms with Gasteiger partial charge in [-0.3, -0.25) is 0 Å². The van der Waals surface area contributed by atoms with Crippen LogP contribution in [0.2, 0.25) is 0 Å². The van der Waals surface area contributed by atoms with E-state index >= 15 is 0 Å². The summed E-state index contributed by atoms with van der Waals surface area (Å²) in [5.74, 6) is -1.32. The zero-order valence-electron chi connectivity index (χ0n) is 9.81. The van der Waals surface area contributed by atoms with E-state index in [4.69, 9.17) is 20.4 Å². The molecule has 0 spiro atoms. The Labute approximate surface area is 96.9 Å². The third-order valence-corrected chi connectivity index (χ3v) is 3.27. The van der Waals surface area contributed by atoms with Gasteiger partial charge < -0.3 is 20.4 Å². The van der Waals surface area contributed by atoms with Crippen molar-refractivity contribution in [3.63, 3.8) is 0 Å². The Kier molecular flexibility index (Phi) is 5.69. The lowest BCUT2D eigenvalue weighted by atomic mass is 9.95. The molecular weight excluding hydrogens is 208 g/mol. The van der Waals surface area contributed by atoms with Crippen molar-refractivity contribution in [1.82, 2.24) is 0 Å². The number of hydrogen-bond acceptors (Lipinski definition) is 4. The van der Waals surface area contributed by atoms with Gasteiger partial charge in [0.15, 0.2) is 5.79 Å². The minimum Gasteiger partial charge on any atom is -0.393 e. The smallest absolute Gasteiger partial charge is 0.162 e. The Morgan fingerprint density at radius 2 is 1.25 bits per heavy atom. The molecule has 4 heteroatoms. The molecule has 0 aromatic carbocycles. The maximum atomic E-state index is 8.93. The molecule has 2 saturated carbocycles. The van der Waals surface area contributed by atoms with E-state index in [1.807, 2.05) is 0 Å². The van der Waals surface area contributed by atoms with Crippen molar-refractivity contribution < 1.29 is 20.4 Å². The molecule has 4 N–H and O–H groups in total. The van der Waals surface area contributed by atoms with Crippen molar-refractivity contribution >= 4 is 0 Å². The fourth-order valence-electron chi connectivity index (χ4n) is 2.26. The Morgan fingerprint density at radius 1 is 0.750 bits per heavy atom. The lowest BCUT2D eigenvalue weighted by molar-refractivity contribution is -0.180. The zero-order chi connectivity index (χ0) is 12.0. The molecule has 96 valence electrons. The highest BCUT2D eigenvalue weighted by atomic mass is 16.5. The Balaban J connectivity index is 0.000000160. The van der Waals surface area contributed by atoms with E-state index in [2.05, 4.69) is 0 Å². The predicted molar refractivity (Wildman–Crippen MR) is 60.7 cm³/mol. The Hall–Kier alpha value is -0.160. The summed E-state index contributed by atoms with van der Waals surface area (Å²) in [4.78, 5) is 0. The van der Waals surface area contributed by atoms with Gasteiger partial charge in [-0.15, -0.1) is 0 Å². The fraction of sp³-hybridized carbons (Fsp3) is 1.00. The lowest BCUT2D eigenvalue weighted by Crippen LogP contribution is -2.30. The summed E-state index contributed by atoms with van der Waals surface area (Å²) in [5.41, 5.74) is 0. The van der Waals surface area contributed by atoms with Crippen molar-refractivity contribution in [3.05, 3.63) is 0 Å². The summed E-state index contributed by atoms with van der Waals surface area (Å²) in [5, 5.41) is 35.7. The average Bonchev–Trinajstić information content (AvgIpc) is 2.17. The molecule has 0 bridgehead atoms. The highest BCUT2D eigenvalue weighted by molar-refractivity contribution is 4.70. The monoisotopic (exact) mass is 232 g/mol. The molecule has 0 aliphatic heterocycles. The summed E-state index contributed by atoms with van der Waals surface area (Å²) < 4.78 is 0. The van der Waals surface area contributed by atoms with Gasteiger partial charge in [0, 0.05) is 12.8 Å². The molecule has 2 unspecified atom stereocenters. The standard InChI is InChI=1S/2C6H12O2/c7-5-2-1-3-6(8)4-5;7-6(8)4-2-1-3-5-6/h5-8H,1-4H2;7-8H,1-5H2. The number of rotatable bonds is 0. The van der Waals surface area contributed by atoms with E-state index in [1.54, 1.807) is 0 Å². The maximum absolute atomic E-state index is 8.93. The van der Waals surface area contributed by atoms with Crippen molar-refractivity contribution in [1.29, 1.82) is 0 Å². The second-order valence-electron chi connectivity index (χ2n) is 5.02. The van der Waals surface area contributed by atoms with Crippen LogP contribution in [-0.4, -0.2) is 38.4 Å². The molecule has 0 saturated heterocycles. The van der Waals surface area contributed by atoms with Crippen LogP contribution in [0.3, 0.4) is 0 Å². The molecule has 2 aliphatic rings. The Bertz CT molecular complexity index is 177. The van der Waals surface area contributed by atoms with Gasteiger partial charge in [-0.05, 0) is 38.5 Å². The fourth-order valence-corrected chi connectivity index (χ4v) is 2.26. The minimum absolute atomic E-state index is 0.237. The first-order chi connectivity index (χ1) is 7.49. The summed E-state index contributed by atoms with van der Waals surface area (Å²) in [7, 11) is 0. The van der Waals surface area contributed by atoms with E-state index in [0.29, 0.717) is 19.3 Å².